The minimum Gasteiger partial charge on any atom is -0.484 e. The highest BCUT2D eigenvalue weighted by Gasteiger charge is 2.11. The zero-order chi connectivity index (χ0) is 13.7. The molecule has 0 heterocycles. The van der Waals surface area contributed by atoms with Crippen molar-refractivity contribution in [3.8, 4) is 5.75 Å². The third kappa shape index (κ3) is 4.40. The van der Waals surface area contributed by atoms with E-state index in [-0.39, 0.29) is 18.6 Å². The Morgan fingerprint density at radius 3 is 2.50 bits per heavy atom. The Morgan fingerprint density at radius 1 is 1.28 bits per heavy atom. The van der Waals surface area contributed by atoms with Crippen LogP contribution < -0.4 is 10.1 Å². The second-order valence-corrected chi connectivity index (χ2v) is 5.16. The van der Waals surface area contributed by atoms with Crippen LogP contribution in [-0.4, -0.2) is 18.6 Å². The molecular formula is C15H23NO2. The molecule has 3 nitrogen and oxygen atoms in total. The molecule has 1 amide bonds. The summed E-state index contributed by atoms with van der Waals surface area (Å²) in [5.41, 5.74) is 2.25. The van der Waals surface area contributed by atoms with Gasteiger partial charge in [0, 0.05) is 6.04 Å². The average molecular weight is 249 g/mol. The smallest absolute Gasteiger partial charge is 0.258 e. The number of amides is 1. The maximum atomic E-state index is 11.7. The zero-order valence-corrected chi connectivity index (χ0v) is 11.9. The summed E-state index contributed by atoms with van der Waals surface area (Å²) in [5, 5.41) is 2.92. The lowest BCUT2D eigenvalue weighted by atomic mass is 10.1. The van der Waals surface area contributed by atoms with Gasteiger partial charge in [-0.25, -0.2) is 0 Å². The van der Waals surface area contributed by atoms with Gasteiger partial charge >= 0.3 is 0 Å². The van der Waals surface area contributed by atoms with Gasteiger partial charge in [0.05, 0.1) is 0 Å². The van der Waals surface area contributed by atoms with Crippen molar-refractivity contribution < 1.29 is 9.53 Å². The third-order valence-corrected chi connectivity index (χ3v) is 3.08. The number of hydrogen-bond acceptors (Lipinski definition) is 2. The van der Waals surface area contributed by atoms with Gasteiger partial charge in [0.15, 0.2) is 6.61 Å². The van der Waals surface area contributed by atoms with Crippen molar-refractivity contribution in [1.29, 1.82) is 0 Å². The second-order valence-electron chi connectivity index (χ2n) is 5.16. The van der Waals surface area contributed by atoms with Crippen LogP contribution in [0.25, 0.3) is 0 Å². The van der Waals surface area contributed by atoms with Crippen LogP contribution in [0.1, 0.15) is 31.9 Å². The largest absolute Gasteiger partial charge is 0.484 e. The van der Waals surface area contributed by atoms with Crippen molar-refractivity contribution in [3.63, 3.8) is 0 Å². The number of hydrogen-bond donors (Lipinski definition) is 1. The Hall–Kier alpha value is -1.51. The zero-order valence-electron chi connectivity index (χ0n) is 11.9. The van der Waals surface area contributed by atoms with Gasteiger partial charge in [-0.3, -0.25) is 4.79 Å². The minimum absolute atomic E-state index is 0.0704. The van der Waals surface area contributed by atoms with Gasteiger partial charge in [-0.2, -0.15) is 0 Å². The third-order valence-electron chi connectivity index (χ3n) is 3.08. The Kier molecular flexibility index (Phi) is 5.20. The standard InChI is InChI=1S/C15H23NO2/c1-10(2)13(5)16-15(17)9-18-14-7-6-11(3)8-12(14)4/h6-8,10,13H,9H2,1-5H3,(H,16,17)/t13-/m0/s1. The molecule has 0 bridgehead atoms. The van der Waals surface area contributed by atoms with Crippen molar-refractivity contribution >= 4 is 5.91 Å². The first-order valence-corrected chi connectivity index (χ1v) is 6.39. The predicted octanol–water partition coefficient (Wildman–Crippen LogP) is 2.84. The van der Waals surface area contributed by atoms with Crippen molar-refractivity contribution in [3.05, 3.63) is 29.3 Å². The van der Waals surface area contributed by atoms with Crippen LogP contribution in [0, 0.1) is 19.8 Å². The molecule has 0 aliphatic carbocycles. The van der Waals surface area contributed by atoms with Gasteiger partial charge in [0.1, 0.15) is 5.75 Å². The van der Waals surface area contributed by atoms with Crippen molar-refractivity contribution in [2.75, 3.05) is 6.61 Å². The summed E-state index contributed by atoms with van der Waals surface area (Å²) >= 11 is 0. The van der Waals surface area contributed by atoms with Gasteiger partial charge in [0.25, 0.3) is 5.91 Å². The van der Waals surface area contributed by atoms with Crippen LogP contribution in [0.2, 0.25) is 0 Å². The number of aryl methyl sites for hydroxylation is 2. The molecule has 0 unspecified atom stereocenters. The summed E-state index contributed by atoms with van der Waals surface area (Å²) in [4.78, 5) is 11.7. The van der Waals surface area contributed by atoms with Crippen molar-refractivity contribution in [2.24, 2.45) is 5.92 Å². The lowest BCUT2D eigenvalue weighted by Gasteiger charge is -2.17. The number of carbonyl (C=O) groups is 1. The molecule has 0 spiro atoms. The van der Waals surface area contributed by atoms with Crippen molar-refractivity contribution in [2.45, 2.75) is 40.7 Å². The average Bonchev–Trinajstić information content (AvgIpc) is 2.27. The Balaban J connectivity index is 2.47. The lowest BCUT2D eigenvalue weighted by molar-refractivity contribution is -0.124. The van der Waals surface area contributed by atoms with E-state index in [4.69, 9.17) is 4.74 Å². The van der Waals surface area contributed by atoms with Crippen LogP contribution in [0.4, 0.5) is 0 Å². The number of ether oxygens (including phenoxy) is 1. The number of carbonyl (C=O) groups excluding carboxylic acids is 1. The fourth-order valence-corrected chi connectivity index (χ4v) is 1.57. The lowest BCUT2D eigenvalue weighted by Crippen LogP contribution is -2.39. The molecule has 100 valence electrons. The van der Waals surface area contributed by atoms with E-state index in [1.54, 1.807) is 0 Å². The monoisotopic (exact) mass is 249 g/mol. The molecule has 1 aromatic rings. The minimum atomic E-state index is -0.0730. The summed E-state index contributed by atoms with van der Waals surface area (Å²) in [5.74, 6) is 1.12. The maximum absolute atomic E-state index is 11.7. The quantitative estimate of drug-likeness (QED) is 0.871. The van der Waals surface area contributed by atoms with Gasteiger partial charge in [0.2, 0.25) is 0 Å². The van der Waals surface area contributed by atoms with Crippen LogP contribution in [0.15, 0.2) is 18.2 Å². The number of rotatable bonds is 5. The molecule has 0 fully saturated rings. The summed E-state index contributed by atoms with van der Waals surface area (Å²) < 4.78 is 5.52. The molecule has 18 heavy (non-hydrogen) atoms. The molecule has 0 aliphatic rings. The highest BCUT2D eigenvalue weighted by molar-refractivity contribution is 5.77. The van der Waals surface area contributed by atoms with Crippen LogP contribution in [0.5, 0.6) is 5.75 Å². The summed E-state index contributed by atoms with van der Waals surface area (Å²) in [6.07, 6.45) is 0. The Labute approximate surface area is 110 Å². The van der Waals surface area contributed by atoms with E-state index in [1.807, 2.05) is 39.0 Å². The molecule has 3 heteroatoms. The van der Waals surface area contributed by atoms with E-state index in [2.05, 4.69) is 19.2 Å². The van der Waals surface area contributed by atoms with E-state index in [1.165, 1.54) is 5.56 Å². The van der Waals surface area contributed by atoms with E-state index < -0.39 is 0 Å². The first-order chi connectivity index (χ1) is 8.40. The van der Waals surface area contributed by atoms with Gasteiger partial charge < -0.3 is 10.1 Å². The van der Waals surface area contributed by atoms with Crippen LogP contribution in [-0.2, 0) is 4.79 Å². The first-order valence-electron chi connectivity index (χ1n) is 6.39. The normalized spacial score (nSPS) is 12.3. The van der Waals surface area contributed by atoms with Crippen LogP contribution >= 0.6 is 0 Å². The molecule has 0 aromatic heterocycles. The number of benzene rings is 1. The first kappa shape index (κ1) is 14.6. The van der Waals surface area contributed by atoms with E-state index in [0.29, 0.717) is 5.92 Å². The predicted molar refractivity (Wildman–Crippen MR) is 73.9 cm³/mol. The summed E-state index contributed by atoms with van der Waals surface area (Å²) in [7, 11) is 0. The molecule has 1 atom stereocenters. The van der Waals surface area contributed by atoms with E-state index in [0.717, 1.165) is 11.3 Å². The van der Waals surface area contributed by atoms with Gasteiger partial charge in [-0.05, 0) is 38.3 Å². The highest BCUT2D eigenvalue weighted by Crippen LogP contribution is 2.18. The second kappa shape index (κ2) is 6.43. The molecular weight excluding hydrogens is 226 g/mol. The topological polar surface area (TPSA) is 38.3 Å². The SMILES string of the molecule is Cc1ccc(OCC(=O)N[C@@H](C)C(C)C)c(C)c1. The molecule has 0 radical (unpaired) electrons. The fraction of sp³-hybridized carbons (Fsp3) is 0.533. The van der Waals surface area contributed by atoms with Gasteiger partial charge in [-0.1, -0.05) is 31.5 Å². The van der Waals surface area contributed by atoms with E-state index in [9.17, 15) is 4.79 Å². The fourth-order valence-electron chi connectivity index (χ4n) is 1.57. The Morgan fingerprint density at radius 2 is 1.94 bits per heavy atom. The molecule has 1 aromatic carbocycles. The summed E-state index contributed by atoms with van der Waals surface area (Å²) in [6, 6.07) is 6.10. The highest BCUT2D eigenvalue weighted by atomic mass is 16.5. The molecule has 0 aliphatic heterocycles. The van der Waals surface area contributed by atoms with Crippen molar-refractivity contribution in [1.82, 2.24) is 5.32 Å². The van der Waals surface area contributed by atoms with E-state index >= 15 is 0 Å². The molecule has 0 saturated carbocycles. The molecule has 1 rings (SSSR count). The number of nitrogens with one attached hydrogen (secondary N) is 1. The Bertz CT molecular complexity index is 413. The van der Waals surface area contributed by atoms with Gasteiger partial charge in [-0.15, -0.1) is 0 Å². The molecule has 1 N–H and O–H groups in total. The van der Waals surface area contributed by atoms with Crippen LogP contribution in [0.3, 0.4) is 0 Å². The molecule has 0 saturated heterocycles. The maximum Gasteiger partial charge on any atom is 0.258 e. The summed E-state index contributed by atoms with van der Waals surface area (Å²) in [6.45, 7) is 10.2.